The number of ether oxygens (including phenoxy) is 2. The van der Waals surface area contributed by atoms with Crippen molar-refractivity contribution in [2.45, 2.75) is 219 Å². The zero-order chi connectivity index (χ0) is 52.0. The molecule has 0 rings (SSSR count). The SMILES string of the molecule is CC/C=C\C/C=C\C/C=C\C/C=C\C/C=C\C/C=C\C/C=C\C/C=C\CCCCCCC(=O)OC(COC(=O)CCCCCCCCC/C=C\CCCCCCCCC)COP(=O)([O-])OCC[N+](C)(C)C. The average Bonchev–Trinajstić information content (AvgIpc) is 3.33. The topological polar surface area (TPSA) is 111 Å². The Morgan fingerprint density at radius 1 is 0.451 bits per heavy atom. The molecule has 0 aliphatic carbocycles. The summed E-state index contributed by atoms with van der Waals surface area (Å²) in [6, 6.07) is 0. The maximum atomic E-state index is 12.8. The Bertz CT molecular complexity index is 1570. The number of likely N-dealkylation sites (N-methyl/N-ethyl adjacent to an activating group) is 1. The first-order valence-electron chi connectivity index (χ1n) is 28.1. The fraction of sp³-hybridized carbons (Fsp3) is 0.672. The van der Waals surface area contributed by atoms with Crippen molar-refractivity contribution >= 4 is 19.8 Å². The molecule has 2 atom stereocenters. The van der Waals surface area contributed by atoms with Gasteiger partial charge in [-0.05, 0) is 103 Å². The molecule has 0 aromatic heterocycles. The summed E-state index contributed by atoms with van der Waals surface area (Å²) in [7, 11) is 1.13. The van der Waals surface area contributed by atoms with Crippen LogP contribution in [-0.4, -0.2) is 70.0 Å². The van der Waals surface area contributed by atoms with E-state index in [0.717, 1.165) is 109 Å². The van der Waals surface area contributed by atoms with Gasteiger partial charge in [-0.15, -0.1) is 0 Å². The Morgan fingerprint density at radius 3 is 1.21 bits per heavy atom. The molecule has 0 saturated carbocycles. The summed E-state index contributed by atoms with van der Waals surface area (Å²) in [5, 5.41) is 0. The minimum Gasteiger partial charge on any atom is -0.756 e. The molecule has 0 aromatic carbocycles. The normalized spacial score (nSPS) is 14.2. The summed E-state index contributed by atoms with van der Waals surface area (Å²) < 4.78 is 34.1. The number of esters is 2. The lowest BCUT2D eigenvalue weighted by Crippen LogP contribution is -2.37. The van der Waals surface area contributed by atoms with Crippen LogP contribution < -0.4 is 4.89 Å². The van der Waals surface area contributed by atoms with Gasteiger partial charge in [0.15, 0.2) is 6.10 Å². The number of allylic oxidation sites excluding steroid dienone is 18. The van der Waals surface area contributed by atoms with Crippen molar-refractivity contribution in [3.05, 3.63) is 109 Å². The van der Waals surface area contributed by atoms with Gasteiger partial charge in [0.25, 0.3) is 7.82 Å². The van der Waals surface area contributed by atoms with Crippen LogP contribution in [0.5, 0.6) is 0 Å². The van der Waals surface area contributed by atoms with Crippen molar-refractivity contribution < 1.29 is 42.1 Å². The van der Waals surface area contributed by atoms with Crippen LogP contribution in [-0.2, 0) is 32.7 Å². The maximum Gasteiger partial charge on any atom is 0.306 e. The summed E-state index contributed by atoms with van der Waals surface area (Å²) in [5.74, 6) is -0.874. The van der Waals surface area contributed by atoms with E-state index in [9.17, 15) is 19.0 Å². The first kappa shape index (κ1) is 67.7. The van der Waals surface area contributed by atoms with Crippen LogP contribution in [0, 0.1) is 0 Å². The molecule has 9 nitrogen and oxygen atoms in total. The van der Waals surface area contributed by atoms with E-state index in [2.05, 4.69) is 123 Å². The fourth-order valence-electron chi connectivity index (χ4n) is 7.19. The van der Waals surface area contributed by atoms with Gasteiger partial charge in [0.1, 0.15) is 19.8 Å². The third-order valence-corrected chi connectivity index (χ3v) is 12.5. The number of quaternary nitrogens is 1. The van der Waals surface area contributed by atoms with Crippen LogP contribution in [0.25, 0.3) is 0 Å². The molecule has 406 valence electrons. The van der Waals surface area contributed by atoms with E-state index in [0.29, 0.717) is 17.4 Å². The van der Waals surface area contributed by atoms with Gasteiger partial charge in [-0.2, -0.15) is 0 Å². The Kier molecular flexibility index (Phi) is 49.1. The van der Waals surface area contributed by atoms with E-state index >= 15 is 0 Å². The van der Waals surface area contributed by atoms with Gasteiger partial charge in [0.05, 0.1) is 27.7 Å². The van der Waals surface area contributed by atoms with Crippen molar-refractivity contribution in [2.24, 2.45) is 0 Å². The molecule has 0 heterocycles. The van der Waals surface area contributed by atoms with Crippen molar-refractivity contribution in [2.75, 3.05) is 47.5 Å². The highest BCUT2D eigenvalue weighted by Crippen LogP contribution is 2.38. The third kappa shape index (κ3) is 55.8. The Balaban J connectivity index is 4.30. The average molecular weight is 1010 g/mol. The van der Waals surface area contributed by atoms with E-state index in [4.69, 9.17) is 18.5 Å². The molecule has 10 heteroatoms. The summed E-state index contributed by atoms with van der Waals surface area (Å²) in [5.41, 5.74) is 0. The number of phosphoric ester groups is 1. The predicted octanol–water partition coefficient (Wildman–Crippen LogP) is 16.8. The highest BCUT2D eigenvalue weighted by atomic mass is 31.2. The van der Waals surface area contributed by atoms with Crippen LogP contribution in [0.1, 0.15) is 213 Å². The lowest BCUT2D eigenvalue weighted by Gasteiger charge is -2.28. The second kappa shape index (κ2) is 51.6. The Morgan fingerprint density at radius 2 is 0.803 bits per heavy atom. The number of carbonyl (C=O) groups excluding carboxylic acids is 2. The lowest BCUT2D eigenvalue weighted by atomic mass is 10.1. The molecule has 0 radical (unpaired) electrons. The molecule has 71 heavy (non-hydrogen) atoms. The molecule has 0 fully saturated rings. The van der Waals surface area contributed by atoms with E-state index < -0.39 is 32.5 Å². The van der Waals surface area contributed by atoms with Crippen LogP contribution in [0.3, 0.4) is 0 Å². The number of carbonyl (C=O) groups is 2. The second-order valence-corrected chi connectivity index (χ2v) is 21.0. The van der Waals surface area contributed by atoms with Gasteiger partial charge < -0.3 is 27.9 Å². The van der Waals surface area contributed by atoms with Gasteiger partial charge in [0, 0.05) is 12.8 Å². The lowest BCUT2D eigenvalue weighted by molar-refractivity contribution is -0.870. The van der Waals surface area contributed by atoms with Gasteiger partial charge in [-0.3, -0.25) is 14.2 Å². The summed E-state index contributed by atoms with van der Waals surface area (Å²) >= 11 is 0. The summed E-state index contributed by atoms with van der Waals surface area (Å²) in [4.78, 5) is 37.8. The fourth-order valence-corrected chi connectivity index (χ4v) is 7.92. The largest absolute Gasteiger partial charge is 0.756 e. The van der Waals surface area contributed by atoms with Crippen molar-refractivity contribution in [3.63, 3.8) is 0 Å². The van der Waals surface area contributed by atoms with E-state index in [1.807, 2.05) is 21.1 Å². The first-order valence-corrected chi connectivity index (χ1v) is 29.6. The van der Waals surface area contributed by atoms with Gasteiger partial charge in [0.2, 0.25) is 0 Å². The molecule has 0 bridgehead atoms. The molecular formula is C61H104NO8P. The van der Waals surface area contributed by atoms with Crippen molar-refractivity contribution in [3.8, 4) is 0 Å². The van der Waals surface area contributed by atoms with Crippen LogP contribution >= 0.6 is 7.82 Å². The zero-order valence-electron chi connectivity index (χ0n) is 45.9. The van der Waals surface area contributed by atoms with Crippen molar-refractivity contribution in [1.82, 2.24) is 0 Å². The zero-order valence-corrected chi connectivity index (χ0v) is 46.8. The van der Waals surface area contributed by atoms with Crippen LogP contribution in [0.2, 0.25) is 0 Å². The summed E-state index contributed by atoms with van der Waals surface area (Å²) in [6.07, 6.45) is 71.2. The second-order valence-electron chi connectivity index (χ2n) is 19.6. The number of phosphoric acid groups is 1. The minimum absolute atomic E-state index is 0.0426. The van der Waals surface area contributed by atoms with Crippen LogP contribution in [0.15, 0.2) is 109 Å². The molecule has 0 saturated heterocycles. The standard InChI is InChI=1S/C61H104NO8P/c1-6-8-10-12-14-16-18-20-22-24-26-27-28-29-30-31-32-33-34-35-36-38-40-42-44-46-48-50-52-54-61(64)70-59(58-69-71(65,66)68-56-55-62(3,4)5)57-67-60(63)53-51-49-47-45-43-41-39-37-25-23-21-19-17-15-13-11-9-7-2/h8,10,14,16,20,22-23,25-27,29-30,32-33,35-36,40,42,59H,6-7,9,11-13,15,17-19,21,24,28,31,34,37-39,41,43-58H2,1-5H3/b10-8-,16-14-,22-20-,25-23-,27-26-,30-29-,33-32-,36-35-,42-40-. The van der Waals surface area contributed by atoms with Crippen LogP contribution in [0.4, 0.5) is 0 Å². The highest BCUT2D eigenvalue weighted by molar-refractivity contribution is 7.45. The van der Waals surface area contributed by atoms with Gasteiger partial charge in [-0.25, -0.2) is 0 Å². The number of hydrogen-bond donors (Lipinski definition) is 0. The number of unbranched alkanes of at least 4 members (excludes halogenated alkanes) is 18. The molecule has 0 aliphatic heterocycles. The van der Waals surface area contributed by atoms with E-state index in [1.54, 1.807) is 0 Å². The monoisotopic (exact) mass is 1010 g/mol. The predicted molar refractivity (Wildman–Crippen MR) is 300 cm³/mol. The number of nitrogens with zero attached hydrogens (tertiary/aromatic N) is 1. The Labute approximate surface area is 436 Å². The Hall–Kier alpha value is -3.33. The quantitative estimate of drug-likeness (QED) is 0.0195. The van der Waals surface area contributed by atoms with Gasteiger partial charge in [-0.1, -0.05) is 207 Å². The van der Waals surface area contributed by atoms with E-state index in [-0.39, 0.29) is 26.1 Å². The number of rotatable bonds is 50. The third-order valence-electron chi connectivity index (χ3n) is 11.5. The number of hydrogen-bond acceptors (Lipinski definition) is 8. The molecule has 0 aromatic rings. The van der Waals surface area contributed by atoms with E-state index in [1.165, 1.54) is 70.6 Å². The first-order chi connectivity index (χ1) is 34.5. The smallest absolute Gasteiger partial charge is 0.306 e. The molecule has 2 unspecified atom stereocenters. The summed E-state index contributed by atoms with van der Waals surface area (Å²) in [6.45, 7) is 4.08. The van der Waals surface area contributed by atoms with Gasteiger partial charge >= 0.3 is 11.9 Å². The highest BCUT2D eigenvalue weighted by Gasteiger charge is 2.21. The minimum atomic E-state index is -4.65. The molecule has 0 amide bonds. The molecule has 0 N–H and O–H groups in total. The maximum absolute atomic E-state index is 12.8. The molecular weight excluding hydrogens is 906 g/mol. The molecule has 0 aliphatic rings. The molecule has 0 spiro atoms. The van der Waals surface area contributed by atoms with Crippen molar-refractivity contribution in [1.29, 1.82) is 0 Å².